The molecule has 1 saturated heterocycles. The van der Waals surface area contributed by atoms with Crippen LogP contribution in [-0.4, -0.2) is 49.9 Å². The highest BCUT2D eigenvalue weighted by Gasteiger charge is 2.31. The Hall–Kier alpha value is -0.810. The molecular formula is C10H20ClN3O2. The molecule has 0 aliphatic carbocycles. The molecule has 5 nitrogen and oxygen atoms in total. The Balaban J connectivity index is 0.00000225. The van der Waals surface area contributed by atoms with Gasteiger partial charge in [-0.05, 0) is 14.0 Å². The number of nitrogens with one attached hydrogen (secondary N) is 2. The van der Waals surface area contributed by atoms with Crippen LogP contribution in [0.1, 0.15) is 13.3 Å². The molecule has 0 radical (unpaired) electrons. The van der Waals surface area contributed by atoms with E-state index in [2.05, 4.69) is 10.6 Å². The van der Waals surface area contributed by atoms with Crippen molar-refractivity contribution >= 4 is 24.2 Å². The second-order valence-corrected chi connectivity index (χ2v) is 4.11. The zero-order valence-electron chi connectivity index (χ0n) is 9.95. The Kier molecular flexibility index (Phi) is 6.36. The first kappa shape index (κ1) is 15.2. The van der Waals surface area contributed by atoms with E-state index in [1.807, 2.05) is 14.0 Å². The maximum Gasteiger partial charge on any atom is 0.225 e. The lowest BCUT2D eigenvalue weighted by Crippen LogP contribution is -2.40. The molecule has 0 spiro atoms. The molecule has 1 aliphatic rings. The number of likely N-dealkylation sites (N-methyl/N-ethyl adjacent to an activating group) is 1. The zero-order valence-corrected chi connectivity index (χ0v) is 10.8. The van der Waals surface area contributed by atoms with Gasteiger partial charge in [0.2, 0.25) is 11.8 Å². The van der Waals surface area contributed by atoms with Crippen LogP contribution in [0.25, 0.3) is 0 Å². The molecule has 1 aliphatic heterocycles. The number of hydrogen-bond donors (Lipinski definition) is 2. The van der Waals surface area contributed by atoms with Crippen molar-refractivity contribution in [3.63, 3.8) is 0 Å². The molecule has 2 unspecified atom stereocenters. The Labute approximate surface area is 102 Å². The summed E-state index contributed by atoms with van der Waals surface area (Å²) in [6.45, 7) is 3.13. The van der Waals surface area contributed by atoms with Crippen LogP contribution in [0.5, 0.6) is 0 Å². The minimum absolute atomic E-state index is 0. The van der Waals surface area contributed by atoms with E-state index in [0.717, 1.165) is 0 Å². The fourth-order valence-corrected chi connectivity index (χ4v) is 1.54. The minimum atomic E-state index is -0.174. The van der Waals surface area contributed by atoms with Crippen LogP contribution in [0.2, 0.25) is 0 Å². The monoisotopic (exact) mass is 249 g/mol. The summed E-state index contributed by atoms with van der Waals surface area (Å²) in [5.41, 5.74) is 0. The number of likely N-dealkylation sites (tertiary alicyclic amines) is 1. The van der Waals surface area contributed by atoms with Gasteiger partial charge >= 0.3 is 0 Å². The average molecular weight is 250 g/mol. The van der Waals surface area contributed by atoms with Crippen molar-refractivity contribution in [3.05, 3.63) is 0 Å². The quantitative estimate of drug-likeness (QED) is 0.714. The van der Waals surface area contributed by atoms with Crippen LogP contribution in [0.15, 0.2) is 0 Å². The summed E-state index contributed by atoms with van der Waals surface area (Å²) in [6.07, 6.45) is 0.344. The second kappa shape index (κ2) is 6.70. The average Bonchev–Trinajstić information content (AvgIpc) is 2.55. The Morgan fingerprint density at radius 2 is 2.25 bits per heavy atom. The van der Waals surface area contributed by atoms with Crippen LogP contribution in [0.3, 0.4) is 0 Å². The van der Waals surface area contributed by atoms with E-state index in [1.165, 1.54) is 0 Å². The van der Waals surface area contributed by atoms with E-state index in [1.54, 1.807) is 11.9 Å². The van der Waals surface area contributed by atoms with Crippen LogP contribution in [0.4, 0.5) is 0 Å². The Morgan fingerprint density at radius 3 is 2.69 bits per heavy atom. The highest BCUT2D eigenvalue weighted by atomic mass is 35.5. The fourth-order valence-electron chi connectivity index (χ4n) is 1.54. The Bertz CT molecular complexity index is 260. The first-order valence-electron chi connectivity index (χ1n) is 5.23. The van der Waals surface area contributed by atoms with Crippen LogP contribution in [-0.2, 0) is 9.59 Å². The van der Waals surface area contributed by atoms with E-state index < -0.39 is 0 Å². The summed E-state index contributed by atoms with van der Waals surface area (Å²) in [7, 11) is 3.58. The van der Waals surface area contributed by atoms with Gasteiger partial charge in [-0.3, -0.25) is 9.59 Å². The fraction of sp³-hybridized carbons (Fsp3) is 0.800. The Morgan fingerprint density at radius 1 is 1.62 bits per heavy atom. The van der Waals surface area contributed by atoms with Gasteiger partial charge in [0.15, 0.2) is 0 Å². The van der Waals surface area contributed by atoms with Gasteiger partial charge in [-0.1, -0.05) is 0 Å². The summed E-state index contributed by atoms with van der Waals surface area (Å²) in [5.74, 6) is -0.141. The molecule has 1 fully saturated rings. The van der Waals surface area contributed by atoms with Crippen molar-refractivity contribution in [1.82, 2.24) is 15.5 Å². The molecule has 16 heavy (non-hydrogen) atoms. The van der Waals surface area contributed by atoms with Gasteiger partial charge in [-0.15, -0.1) is 12.4 Å². The normalized spacial score (nSPS) is 21.6. The first-order valence-corrected chi connectivity index (χ1v) is 5.23. The minimum Gasteiger partial charge on any atom is -0.354 e. The first-order chi connectivity index (χ1) is 7.04. The van der Waals surface area contributed by atoms with Crippen LogP contribution in [0, 0.1) is 5.92 Å². The van der Waals surface area contributed by atoms with Gasteiger partial charge in [0, 0.05) is 32.6 Å². The molecule has 0 saturated carbocycles. The molecule has 2 atom stereocenters. The lowest BCUT2D eigenvalue weighted by Gasteiger charge is -2.14. The largest absolute Gasteiger partial charge is 0.354 e. The maximum absolute atomic E-state index is 11.6. The third-order valence-corrected chi connectivity index (χ3v) is 2.79. The van der Waals surface area contributed by atoms with Crippen molar-refractivity contribution in [2.75, 3.05) is 27.2 Å². The third-order valence-electron chi connectivity index (χ3n) is 2.79. The van der Waals surface area contributed by atoms with Crippen molar-refractivity contribution in [2.24, 2.45) is 5.92 Å². The molecule has 6 heteroatoms. The number of carbonyl (C=O) groups is 2. The summed E-state index contributed by atoms with van der Waals surface area (Å²) in [5, 5.41) is 5.87. The molecule has 2 amide bonds. The number of carbonyl (C=O) groups excluding carboxylic acids is 2. The third kappa shape index (κ3) is 3.98. The highest BCUT2D eigenvalue weighted by molar-refractivity contribution is 5.89. The molecule has 2 N–H and O–H groups in total. The number of nitrogens with zero attached hydrogens (tertiary/aromatic N) is 1. The zero-order chi connectivity index (χ0) is 11.4. The SMILES string of the molecule is CNC(C)CNC(=O)C1CC(=O)N(C)C1.Cl. The van der Waals surface area contributed by atoms with Crippen molar-refractivity contribution in [3.8, 4) is 0 Å². The van der Waals surface area contributed by atoms with E-state index in [-0.39, 0.29) is 36.2 Å². The topological polar surface area (TPSA) is 61.4 Å². The molecule has 0 aromatic heterocycles. The summed E-state index contributed by atoms with van der Waals surface area (Å²) in [4.78, 5) is 24.5. The molecule has 0 bridgehead atoms. The predicted molar refractivity (Wildman–Crippen MR) is 64.5 cm³/mol. The van der Waals surface area contributed by atoms with E-state index in [0.29, 0.717) is 19.5 Å². The molecule has 94 valence electrons. The standard InChI is InChI=1S/C10H19N3O2.ClH/c1-7(11-2)5-12-10(15)8-4-9(14)13(3)6-8;/h7-8,11H,4-6H2,1-3H3,(H,12,15);1H. The van der Waals surface area contributed by atoms with Crippen molar-refractivity contribution < 1.29 is 9.59 Å². The van der Waals surface area contributed by atoms with Crippen LogP contribution < -0.4 is 10.6 Å². The summed E-state index contributed by atoms with van der Waals surface area (Å²) >= 11 is 0. The van der Waals surface area contributed by atoms with Gasteiger partial charge in [-0.2, -0.15) is 0 Å². The molecule has 0 aromatic carbocycles. The van der Waals surface area contributed by atoms with E-state index >= 15 is 0 Å². The van der Waals surface area contributed by atoms with E-state index in [4.69, 9.17) is 0 Å². The van der Waals surface area contributed by atoms with Crippen molar-refractivity contribution in [2.45, 2.75) is 19.4 Å². The lowest BCUT2D eigenvalue weighted by atomic mass is 10.1. The molecular weight excluding hydrogens is 230 g/mol. The summed E-state index contributed by atoms with van der Waals surface area (Å²) < 4.78 is 0. The number of hydrogen-bond acceptors (Lipinski definition) is 3. The predicted octanol–water partition coefficient (Wildman–Crippen LogP) is -0.389. The molecule has 0 aromatic rings. The van der Waals surface area contributed by atoms with Crippen molar-refractivity contribution in [1.29, 1.82) is 0 Å². The maximum atomic E-state index is 11.6. The molecule has 1 rings (SSSR count). The smallest absolute Gasteiger partial charge is 0.225 e. The van der Waals surface area contributed by atoms with Crippen LogP contribution >= 0.6 is 12.4 Å². The van der Waals surface area contributed by atoms with Gasteiger partial charge in [-0.25, -0.2) is 0 Å². The number of halogens is 1. The van der Waals surface area contributed by atoms with E-state index in [9.17, 15) is 9.59 Å². The lowest BCUT2D eigenvalue weighted by molar-refractivity contribution is -0.128. The van der Waals surface area contributed by atoms with Gasteiger partial charge in [0.05, 0.1) is 5.92 Å². The highest BCUT2D eigenvalue weighted by Crippen LogP contribution is 2.15. The van der Waals surface area contributed by atoms with Gasteiger partial charge < -0.3 is 15.5 Å². The number of amides is 2. The van der Waals surface area contributed by atoms with Gasteiger partial charge in [0.1, 0.15) is 0 Å². The summed E-state index contributed by atoms with van der Waals surface area (Å²) in [6, 6.07) is 0.254. The van der Waals surface area contributed by atoms with Gasteiger partial charge in [0.25, 0.3) is 0 Å². The molecule has 1 heterocycles. The number of rotatable bonds is 4. The second-order valence-electron chi connectivity index (χ2n) is 4.11.